The first kappa shape index (κ1) is 20.4. The Bertz CT molecular complexity index is 871. The highest BCUT2D eigenvalue weighted by Crippen LogP contribution is 2.46. The smallest absolute Gasteiger partial charge is 0.347 e. The minimum Gasteiger partial charge on any atom is -0.507 e. The second kappa shape index (κ2) is 7.57. The molecule has 0 amide bonds. The van der Waals surface area contributed by atoms with Gasteiger partial charge < -0.3 is 20.7 Å². The van der Waals surface area contributed by atoms with Gasteiger partial charge in [-0.1, -0.05) is 31.0 Å². The third kappa shape index (κ3) is 4.05. The molecule has 1 saturated carbocycles. The molecule has 28 heavy (non-hydrogen) atoms. The van der Waals surface area contributed by atoms with Gasteiger partial charge in [-0.15, -0.1) is 0 Å². The van der Waals surface area contributed by atoms with Gasteiger partial charge in [0, 0.05) is 11.5 Å². The molecule has 2 aromatic carbocycles. The quantitative estimate of drug-likeness (QED) is 0.547. The fourth-order valence-electron chi connectivity index (χ4n) is 4.29. The van der Waals surface area contributed by atoms with Crippen LogP contribution in [0, 0.1) is 12.8 Å². The van der Waals surface area contributed by atoms with Crippen molar-refractivity contribution in [1.82, 2.24) is 0 Å². The minimum atomic E-state index is -1.06. The highest BCUT2D eigenvalue weighted by atomic mass is 16.5. The maximum absolute atomic E-state index is 12.5. The summed E-state index contributed by atoms with van der Waals surface area (Å²) in [6.07, 6.45) is 3.43. The van der Waals surface area contributed by atoms with Gasteiger partial charge in [0.05, 0.1) is 5.60 Å². The van der Waals surface area contributed by atoms with E-state index in [2.05, 4.69) is 0 Å². The van der Waals surface area contributed by atoms with Gasteiger partial charge >= 0.3 is 5.97 Å². The molecule has 150 valence electrons. The average Bonchev–Trinajstić information content (AvgIpc) is 2.61. The zero-order chi connectivity index (χ0) is 20.5. The van der Waals surface area contributed by atoms with Crippen LogP contribution in [0.2, 0.25) is 0 Å². The van der Waals surface area contributed by atoms with Crippen LogP contribution in [0.5, 0.6) is 11.5 Å². The number of aliphatic hydroxyl groups is 1. The van der Waals surface area contributed by atoms with Gasteiger partial charge in [0.2, 0.25) is 0 Å². The van der Waals surface area contributed by atoms with Crippen LogP contribution in [-0.4, -0.2) is 21.7 Å². The number of esters is 1. The lowest BCUT2D eigenvalue weighted by molar-refractivity contribution is -0.0787. The van der Waals surface area contributed by atoms with Gasteiger partial charge in [0.1, 0.15) is 17.1 Å². The van der Waals surface area contributed by atoms with Crippen LogP contribution in [-0.2, 0) is 5.60 Å². The second-order valence-corrected chi connectivity index (χ2v) is 8.48. The van der Waals surface area contributed by atoms with Gasteiger partial charge in [-0.3, -0.25) is 0 Å². The van der Waals surface area contributed by atoms with E-state index < -0.39 is 17.1 Å². The van der Waals surface area contributed by atoms with Gasteiger partial charge in [-0.2, -0.15) is 0 Å². The van der Waals surface area contributed by atoms with Gasteiger partial charge in [-0.25, -0.2) is 4.79 Å². The molecule has 0 heterocycles. The molecule has 0 bridgehead atoms. The largest absolute Gasteiger partial charge is 0.507 e. The number of rotatable bonds is 4. The molecule has 0 radical (unpaired) electrons. The van der Waals surface area contributed by atoms with Crippen LogP contribution >= 0.6 is 0 Å². The van der Waals surface area contributed by atoms with E-state index >= 15 is 0 Å². The monoisotopic (exact) mass is 383 g/mol. The number of carbonyl (C=O) groups is 1. The van der Waals surface area contributed by atoms with Crippen LogP contribution in [0.1, 0.15) is 61.0 Å². The third-order valence-electron chi connectivity index (χ3n) is 5.69. The Morgan fingerprint density at radius 2 is 1.96 bits per heavy atom. The number of carbonyl (C=O) groups excluding carboxylic acids is 1. The summed E-state index contributed by atoms with van der Waals surface area (Å²) < 4.78 is 5.48. The van der Waals surface area contributed by atoms with Crippen molar-refractivity contribution < 1.29 is 19.7 Å². The van der Waals surface area contributed by atoms with Crippen molar-refractivity contribution in [2.24, 2.45) is 11.7 Å². The van der Waals surface area contributed by atoms with E-state index in [-0.39, 0.29) is 17.2 Å². The third-order valence-corrected chi connectivity index (χ3v) is 5.69. The van der Waals surface area contributed by atoms with E-state index in [4.69, 9.17) is 10.5 Å². The fourth-order valence-corrected chi connectivity index (χ4v) is 4.29. The van der Waals surface area contributed by atoms with Crippen LogP contribution < -0.4 is 10.5 Å². The maximum Gasteiger partial charge on any atom is 0.347 e. The molecule has 3 rings (SSSR count). The first-order valence-corrected chi connectivity index (χ1v) is 9.75. The Kier molecular flexibility index (Phi) is 5.50. The van der Waals surface area contributed by atoms with Crippen LogP contribution in [0.3, 0.4) is 0 Å². The Hall–Kier alpha value is -2.37. The summed E-state index contributed by atoms with van der Waals surface area (Å²) >= 11 is 0. The molecule has 0 saturated heterocycles. The Morgan fingerprint density at radius 1 is 1.21 bits per heavy atom. The van der Waals surface area contributed by atoms with Crippen molar-refractivity contribution in [3.63, 3.8) is 0 Å². The number of phenols is 1. The summed E-state index contributed by atoms with van der Waals surface area (Å²) in [6, 6.07) is 11.8. The zero-order valence-corrected chi connectivity index (χ0v) is 16.7. The van der Waals surface area contributed by atoms with Crippen molar-refractivity contribution in [3.8, 4) is 11.5 Å². The minimum absolute atomic E-state index is 0.0964. The Morgan fingerprint density at radius 3 is 2.64 bits per heavy atom. The van der Waals surface area contributed by atoms with Crippen molar-refractivity contribution in [3.05, 3.63) is 59.2 Å². The van der Waals surface area contributed by atoms with Crippen molar-refractivity contribution >= 4 is 5.97 Å². The van der Waals surface area contributed by atoms with Gasteiger partial charge in [0.15, 0.2) is 0 Å². The number of aromatic hydroxyl groups is 1. The molecular formula is C23H29NO4. The predicted molar refractivity (Wildman–Crippen MR) is 108 cm³/mol. The maximum atomic E-state index is 12.5. The zero-order valence-electron chi connectivity index (χ0n) is 16.7. The lowest BCUT2D eigenvalue weighted by atomic mass is 9.64. The van der Waals surface area contributed by atoms with Gasteiger partial charge in [0.25, 0.3) is 0 Å². The number of hydrogen-bond acceptors (Lipinski definition) is 5. The molecule has 5 nitrogen and oxygen atoms in total. The van der Waals surface area contributed by atoms with E-state index in [0.717, 1.165) is 24.8 Å². The predicted octanol–water partition coefficient (Wildman–Crippen LogP) is 4.03. The topological polar surface area (TPSA) is 92.8 Å². The first-order valence-electron chi connectivity index (χ1n) is 9.75. The van der Waals surface area contributed by atoms with E-state index in [0.29, 0.717) is 17.7 Å². The van der Waals surface area contributed by atoms with E-state index in [1.54, 1.807) is 30.3 Å². The lowest BCUT2D eigenvalue weighted by Gasteiger charge is -2.47. The fraction of sp³-hybridized carbons (Fsp3) is 0.435. The molecule has 0 spiro atoms. The molecule has 1 aliphatic carbocycles. The molecule has 1 aliphatic rings. The number of nitrogens with two attached hydrogens (primary N) is 1. The molecule has 1 fully saturated rings. The van der Waals surface area contributed by atoms with Crippen molar-refractivity contribution in [2.75, 3.05) is 0 Å². The molecule has 2 unspecified atom stereocenters. The van der Waals surface area contributed by atoms with Crippen molar-refractivity contribution in [2.45, 2.75) is 57.6 Å². The summed E-state index contributed by atoms with van der Waals surface area (Å²) in [5, 5.41) is 21.5. The molecule has 0 aliphatic heterocycles. The van der Waals surface area contributed by atoms with Crippen LogP contribution in [0.4, 0.5) is 0 Å². The summed E-state index contributed by atoms with van der Waals surface area (Å²) in [4.78, 5) is 12.5. The normalized spacial score (nSPS) is 22.7. The molecular weight excluding hydrogens is 354 g/mol. The molecule has 5 heteroatoms. The molecule has 4 N–H and O–H groups in total. The molecule has 0 aromatic heterocycles. The standard InChI is InChI=1S/C23H29NO4/c1-15-10-11-18(19(25)13-15)21(26)28-17-8-6-7-16(14-17)23(27)12-5-4-9-20(23)22(2,3)24/h6-8,10-11,13-14,20,25,27H,4-5,9,12,24H2,1-3H3. The highest BCUT2D eigenvalue weighted by molar-refractivity contribution is 5.93. The molecule has 2 atom stereocenters. The lowest BCUT2D eigenvalue weighted by Crippen LogP contribution is -2.53. The second-order valence-electron chi connectivity index (χ2n) is 8.48. The van der Waals surface area contributed by atoms with E-state index in [9.17, 15) is 15.0 Å². The SMILES string of the molecule is Cc1ccc(C(=O)Oc2cccc(C3(O)CCCCC3C(C)(C)N)c2)c(O)c1. The van der Waals surface area contributed by atoms with Crippen molar-refractivity contribution in [1.29, 1.82) is 0 Å². The van der Waals surface area contributed by atoms with E-state index in [1.165, 1.54) is 6.07 Å². The Balaban J connectivity index is 1.88. The average molecular weight is 383 g/mol. The van der Waals surface area contributed by atoms with Crippen LogP contribution in [0.25, 0.3) is 0 Å². The number of aryl methyl sites for hydroxylation is 1. The van der Waals surface area contributed by atoms with Crippen LogP contribution in [0.15, 0.2) is 42.5 Å². The number of ether oxygens (including phenoxy) is 1. The van der Waals surface area contributed by atoms with E-state index in [1.807, 2.05) is 26.8 Å². The summed E-state index contributed by atoms with van der Waals surface area (Å²) in [7, 11) is 0. The number of hydrogen-bond donors (Lipinski definition) is 3. The highest BCUT2D eigenvalue weighted by Gasteiger charge is 2.46. The summed E-state index contributed by atoms with van der Waals surface area (Å²) in [5.41, 5.74) is 6.44. The molecule has 2 aromatic rings. The first-order chi connectivity index (χ1) is 13.1. The summed E-state index contributed by atoms with van der Waals surface area (Å²) in [5.74, 6) is -0.520. The van der Waals surface area contributed by atoms with Gasteiger partial charge in [-0.05, 0) is 69.0 Å². The Labute approximate surface area is 166 Å². The number of phenolic OH excluding ortho intramolecular Hbond substituents is 1. The number of benzene rings is 2. The summed E-state index contributed by atoms with van der Waals surface area (Å²) in [6.45, 7) is 5.72.